The number of hydrogen-bond donors (Lipinski definition) is 0. The fraction of sp³-hybridized carbons (Fsp3) is 0.214. The highest BCUT2D eigenvalue weighted by atomic mass is 16.1. The van der Waals surface area contributed by atoms with E-state index >= 15 is 0 Å². The summed E-state index contributed by atoms with van der Waals surface area (Å²) in [5.74, 6) is 0. The molecule has 2 aromatic rings. The minimum atomic E-state index is 0.0167. The Balaban J connectivity index is 2.77. The molecular formula is C14H15NO. The third-order valence-corrected chi connectivity index (χ3v) is 2.74. The number of aromatic nitrogens is 1. The zero-order chi connectivity index (χ0) is 11.7. The van der Waals surface area contributed by atoms with Crippen LogP contribution in [0.25, 0.3) is 5.69 Å². The molecule has 1 aromatic heterocycles. The second-order valence-corrected chi connectivity index (χ2v) is 4.16. The van der Waals surface area contributed by atoms with Crippen LogP contribution >= 0.6 is 0 Å². The molecule has 2 rings (SSSR count). The summed E-state index contributed by atoms with van der Waals surface area (Å²) in [4.78, 5) is 11.8. The summed E-state index contributed by atoms with van der Waals surface area (Å²) < 4.78 is 1.72. The lowest BCUT2D eigenvalue weighted by Gasteiger charge is -2.12. The Bertz CT molecular complexity index is 561. The van der Waals surface area contributed by atoms with Crippen molar-refractivity contribution in [2.45, 2.75) is 20.8 Å². The van der Waals surface area contributed by atoms with E-state index in [0.717, 1.165) is 22.4 Å². The minimum Gasteiger partial charge on any atom is -0.284 e. The quantitative estimate of drug-likeness (QED) is 0.714. The molecule has 0 aliphatic carbocycles. The van der Waals surface area contributed by atoms with Gasteiger partial charge in [0.25, 0.3) is 5.56 Å². The van der Waals surface area contributed by atoms with Crippen molar-refractivity contribution in [3.05, 3.63) is 63.6 Å². The Labute approximate surface area is 95.2 Å². The molecule has 0 fully saturated rings. The summed E-state index contributed by atoms with van der Waals surface area (Å²) in [5, 5.41) is 0. The Morgan fingerprint density at radius 3 is 2.19 bits per heavy atom. The van der Waals surface area contributed by atoms with E-state index in [4.69, 9.17) is 0 Å². The van der Waals surface area contributed by atoms with Gasteiger partial charge in [-0.15, -0.1) is 0 Å². The molecule has 2 heteroatoms. The van der Waals surface area contributed by atoms with Gasteiger partial charge >= 0.3 is 0 Å². The standard InChI is InChI=1S/C14H15NO/c1-10-7-8-13(16)15(9-10)14-11(2)5-4-6-12(14)3/h4-9H,1-3H3. The van der Waals surface area contributed by atoms with Crippen molar-refractivity contribution in [2.24, 2.45) is 0 Å². The lowest BCUT2D eigenvalue weighted by atomic mass is 10.1. The first-order chi connectivity index (χ1) is 7.59. The van der Waals surface area contributed by atoms with Crippen molar-refractivity contribution in [3.8, 4) is 5.69 Å². The van der Waals surface area contributed by atoms with Crippen molar-refractivity contribution in [3.63, 3.8) is 0 Å². The van der Waals surface area contributed by atoms with E-state index in [1.165, 1.54) is 0 Å². The van der Waals surface area contributed by atoms with Gasteiger partial charge < -0.3 is 0 Å². The van der Waals surface area contributed by atoms with Crippen LogP contribution in [0.15, 0.2) is 41.3 Å². The van der Waals surface area contributed by atoms with Gasteiger partial charge in [-0.1, -0.05) is 24.3 Å². The van der Waals surface area contributed by atoms with E-state index in [2.05, 4.69) is 0 Å². The van der Waals surface area contributed by atoms with E-state index in [1.807, 2.05) is 51.2 Å². The number of pyridine rings is 1. The van der Waals surface area contributed by atoms with Crippen molar-refractivity contribution >= 4 is 0 Å². The van der Waals surface area contributed by atoms with E-state index in [0.29, 0.717) is 0 Å². The van der Waals surface area contributed by atoms with Crippen LogP contribution in [-0.4, -0.2) is 4.57 Å². The number of benzene rings is 1. The number of para-hydroxylation sites is 1. The van der Waals surface area contributed by atoms with Gasteiger partial charge in [0.05, 0.1) is 5.69 Å². The summed E-state index contributed by atoms with van der Waals surface area (Å²) in [6, 6.07) is 9.51. The molecule has 0 aliphatic rings. The molecule has 2 nitrogen and oxygen atoms in total. The highest BCUT2D eigenvalue weighted by Gasteiger charge is 2.05. The van der Waals surface area contributed by atoms with Crippen LogP contribution in [-0.2, 0) is 0 Å². The van der Waals surface area contributed by atoms with Crippen molar-refractivity contribution in [2.75, 3.05) is 0 Å². The van der Waals surface area contributed by atoms with E-state index < -0.39 is 0 Å². The Hall–Kier alpha value is -1.83. The SMILES string of the molecule is Cc1ccc(=O)n(-c2c(C)cccc2C)c1. The molecule has 1 aromatic carbocycles. The van der Waals surface area contributed by atoms with Gasteiger partial charge in [0, 0.05) is 12.3 Å². The van der Waals surface area contributed by atoms with Crippen LogP contribution in [0.1, 0.15) is 16.7 Å². The van der Waals surface area contributed by atoms with Gasteiger partial charge in [-0.05, 0) is 37.5 Å². The van der Waals surface area contributed by atoms with E-state index in [1.54, 1.807) is 10.6 Å². The molecule has 16 heavy (non-hydrogen) atoms. The van der Waals surface area contributed by atoms with Crippen LogP contribution < -0.4 is 5.56 Å². The lowest BCUT2D eigenvalue weighted by molar-refractivity contribution is 0.953. The average molecular weight is 213 g/mol. The summed E-state index contributed by atoms with van der Waals surface area (Å²) in [6.45, 7) is 6.04. The molecule has 0 saturated heterocycles. The van der Waals surface area contributed by atoms with Crippen LogP contribution in [0.5, 0.6) is 0 Å². The second-order valence-electron chi connectivity index (χ2n) is 4.16. The summed E-state index contributed by atoms with van der Waals surface area (Å²) >= 11 is 0. The highest BCUT2D eigenvalue weighted by molar-refractivity contribution is 5.47. The van der Waals surface area contributed by atoms with Gasteiger partial charge in [-0.3, -0.25) is 9.36 Å². The number of nitrogens with zero attached hydrogens (tertiary/aromatic N) is 1. The van der Waals surface area contributed by atoms with Gasteiger partial charge in [0.2, 0.25) is 0 Å². The Morgan fingerprint density at radius 1 is 0.938 bits per heavy atom. The molecule has 0 amide bonds. The molecule has 0 spiro atoms. The fourth-order valence-electron chi connectivity index (χ4n) is 1.95. The average Bonchev–Trinajstić information content (AvgIpc) is 2.23. The van der Waals surface area contributed by atoms with Crippen molar-refractivity contribution in [1.82, 2.24) is 4.57 Å². The number of rotatable bonds is 1. The molecule has 0 unspecified atom stereocenters. The molecule has 0 aliphatic heterocycles. The second kappa shape index (κ2) is 3.97. The first-order valence-electron chi connectivity index (χ1n) is 5.35. The predicted molar refractivity (Wildman–Crippen MR) is 66.3 cm³/mol. The van der Waals surface area contributed by atoms with Gasteiger partial charge in [-0.25, -0.2) is 0 Å². The molecular weight excluding hydrogens is 198 g/mol. The lowest BCUT2D eigenvalue weighted by Crippen LogP contribution is -2.18. The molecule has 0 atom stereocenters. The Morgan fingerprint density at radius 2 is 1.56 bits per heavy atom. The first kappa shape index (κ1) is 10.7. The monoisotopic (exact) mass is 213 g/mol. The number of hydrogen-bond acceptors (Lipinski definition) is 1. The van der Waals surface area contributed by atoms with Crippen molar-refractivity contribution in [1.29, 1.82) is 0 Å². The van der Waals surface area contributed by atoms with Gasteiger partial charge in [-0.2, -0.15) is 0 Å². The van der Waals surface area contributed by atoms with E-state index in [9.17, 15) is 4.79 Å². The van der Waals surface area contributed by atoms with Crippen LogP contribution in [0.3, 0.4) is 0 Å². The van der Waals surface area contributed by atoms with Crippen LogP contribution in [0.4, 0.5) is 0 Å². The molecule has 0 bridgehead atoms. The fourth-order valence-corrected chi connectivity index (χ4v) is 1.95. The van der Waals surface area contributed by atoms with Gasteiger partial charge in [0.15, 0.2) is 0 Å². The zero-order valence-corrected chi connectivity index (χ0v) is 9.82. The summed E-state index contributed by atoms with van der Waals surface area (Å²) in [6.07, 6.45) is 1.89. The largest absolute Gasteiger partial charge is 0.284 e. The normalized spacial score (nSPS) is 10.4. The molecule has 0 radical (unpaired) electrons. The Kier molecular flexibility index (Phi) is 2.65. The molecule has 82 valence electrons. The minimum absolute atomic E-state index is 0.0167. The van der Waals surface area contributed by atoms with Crippen molar-refractivity contribution < 1.29 is 0 Å². The smallest absolute Gasteiger partial charge is 0.255 e. The molecule has 1 heterocycles. The molecule has 0 saturated carbocycles. The molecule has 0 N–H and O–H groups in total. The first-order valence-corrected chi connectivity index (χ1v) is 5.35. The topological polar surface area (TPSA) is 22.0 Å². The maximum atomic E-state index is 11.8. The third kappa shape index (κ3) is 1.78. The van der Waals surface area contributed by atoms with Crippen LogP contribution in [0.2, 0.25) is 0 Å². The predicted octanol–water partition coefficient (Wildman–Crippen LogP) is 2.76. The maximum absolute atomic E-state index is 11.8. The maximum Gasteiger partial charge on any atom is 0.255 e. The van der Waals surface area contributed by atoms with Gasteiger partial charge in [0.1, 0.15) is 0 Å². The highest BCUT2D eigenvalue weighted by Crippen LogP contribution is 2.17. The number of aryl methyl sites for hydroxylation is 3. The summed E-state index contributed by atoms with van der Waals surface area (Å²) in [5.41, 5.74) is 4.34. The van der Waals surface area contributed by atoms with E-state index in [-0.39, 0.29) is 5.56 Å². The van der Waals surface area contributed by atoms with Crippen LogP contribution in [0, 0.1) is 20.8 Å². The summed E-state index contributed by atoms with van der Waals surface area (Å²) in [7, 11) is 0. The zero-order valence-electron chi connectivity index (χ0n) is 9.82. The third-order valence-electron chi connectivity index (χ3n) is 2.74.